The summed E-state index contributed by atoms with van der Waals surface area (Å²) in [6, 6.07) is 5.09. The average Bonchev–Trinajstić information content (AvgIpc) is 2.44. The first-order valence-electron chi connectivity index (χ1n) is 7.90. The molecular formula is C17H27NO4S. The van der Waals surface area contributed by atoms with Gasteiger partial charge in [-0.1, -0.05) is 20.8 Å². The Hall–Kier alpha value is -1.11. The molecule has 0 aliphatic carbocycles. The van der Waals surface area contributed by atoms with Crippen LogP contribution < -0.4 is 4.74 Å². The van der Waals surface area contributed by atoms with Gasteiger partial charge < -0.3 is 9.47 Å². The zero-order chi connectivity index (χ0) is 17.4. The minimum atomic E-state index is -3.54. The smallest absolute Gasteiger partial charge is 0.243 e. The zero-order valence-electron chi connectivity index (χ0n) is 14.8. The van der Waals surface area contributed by atoms with E-state index >= 15 is 0 Å². The molecule has 1 fully saturated rings. The van der Waals surface area contributed by atoms with Crippen LogP contribution in [0.4, 0.5) is 0 Å². The van der Waals surface area contributed by atoms with Crippen molar-refractivity contribution in [2.75, 3.05) is 20.2 Å². The summed E-state index contributed by atoms with van der Waals surface area (Å²) in [6.45, 7) is 10.7. The van der Waals surface area contributed by atoms with Crippen molar-refractivity contribution in [2.24, 2.45) is 0 Å². The van der Waals surface area contributed by atoms with E-state index in [1.165, 1.54) is 4.31 Å². The maximum absolute atomic E-state index is 13.0. The first kappa shape index (κ1) is 18.2. The number of methoxy groups -OCH3 is 1. The molecule has 2 atom stereocenters. The van der Waals surface area contributed by atoms with Crippen molar-refractivity contribution in [2.45, 2.75) is 57.1 Å². The van der Waals surface area contributed by atoms with E-state index in [0.717, 1.165) is 5.56 Å². The Morgan fingerprint density at radius 2 is 1.74 bits per heavy atom. The van der Waals surface area contributed by atoms with Crippen LogP contribution in [-0.2, 0) is 20.2 Å². The first-order chi connectivity index (χ1) is 10.6. The van der Waals surface area contributed by atoms with Crippen LogP contribution in [0, 0.1) is 0 Å². The van der Waals surface area contributed by atoms with Gasteiger partial charge in [-0.25, -0.2) is 8.42 Å². The fraction of sp³-hybridized carbons (Fsp3) is 0.647. The van der Waals surface area contributed by atoms with E-state index in [-0.39, 0.29) is 17.6 Å². The molecule has 0 spiro atoms. The van der Waals surface area contributed by atoms with Gasteiger partial charge in [0.15, 0.2) is 0 Å². The van der Waals surface area contributed by atoms with Crippen LogP contribution in [0.25, 0.3) is 0 Å². The lowest BCUT2D eigenvalue weighted by Gasteiger charge is -2.34. The molecule has 1 aliphatic rings. The van der Waals surface area contributed by atoms with Gasteiger partial charge in [0.1, 0.15) is 5.75 Å². The Morgan fingerprint density at radius 1 is 1.17 bits per heavy atom. The second kappa shape index (κ2) is 6.42. The van der Waals surface area contributed by atoms with Crippen molar-refractivity contribution in [3.63, 3.8) is 0 Å². The minimum Gasteiger partial charge on any atom is -0.496 e. The highest BCUT2D eigenvalue weighted by Gasteiger charge is 2.33. The molecular weight excluding hydrogens is 314 g/mol. The summed E-state index contributed by atoms with van der Waals surface area (Å²) >= 11 is 0. The second-order valence-corrected chi connectivity index (χ2v) is 9.13. The number of hydrogen-bond donors (Lipinski definition) is 0. The lowest BCUT2D eigenvalue weighted by atomic mass is 9.86. The van der Waals surface area contributed by atoms with Crippen LogP contribution >= 0.6 is 0 Å². The topological polar surface area (TPSA) is 55.8 Å². The molecule has 1 heterocycles. The average molecular weight is 341 g/mol. The molecule has 2 rings (SSSR count). The Kier molecular flexibility index (Phi) is 5.09. The Bertz CT molecular complexity index is 654. The predicted octanol–water partition coefficient (Wildman–Crippen LogP) is 2.79. The van der Waals surface area contributed by atoms with Crippen molar-refractivity contribution in [3.05, 3.63) is 23.8 Å². The van der Waals surface area contributed by atoms with Crippen molar-refractivity contribution >= 4 is 10.0 Å². The molecule has 5 nitrogen and oxygen atoms in total. The third kappa shape index (κ3) is 3.87. The van der Waals surface area contributed by atoms with E-state index in [2.05, 4.69) is 0 Å². The SMILES string of the molecule is COc1ccc(S(=O)(=O)N2C[C@@H](C)O[C@H](C)C2)cc1C(C)(C)C. The summed E-state index contributed by atoms with van der Waals surface area (Å²) in [7, 11) is -1.94. The normalized spacial score (nSPS) is 23.7. The van der Waals surface area contributed by atoms with Crippen LogP contribution in [0.2, 0.25) is 0 Å². The maximum atomic E-state index is 13.0. The van der Waals surface area contributed by atoms with Crippen molar-refractivity contribution in [3.8, 4) is 5.75 Å². The van der Waals surface area contributed by atoms with E-state index in [1.54, 1.807) is 25.3 Å². The number of nitrogens with zero attached hydrogens (tertiary/aromatic N) is 1. The molecule has 23 heavy (non-hydrogen) atoms. The van der Waals surface area contributed by atoms with E-state index < -0.39 is 10.0 Å². The fourth-order valence-electron chi connectivity index (χ4n) is 2.91. The number of benzene rings is 1. The molecule has 0 aromatic heterocycles. The molecule has 130 valence electrons. The summed E-state index contributed by atoms with van der Waals surface area (Å²) in [6.07, 6.45) is -0.206. The molecule has 6 heteroatoms. The third-order valence-corrected chi connectivity index (χ3v) is 5.83. The van der Waals surface area contributed by atoms with Gasteiger partial charge in [0.05, 0.1) is 24.2 Å². The zero-order valence-corrected chi connectivity index (χ0v) is 15.6. The number of morpholine rings is 1. The van der Waals surface area contributed by atoms with Crippen molar-refractivity contribution < 1.29 is 17.9 Å². The first-order valence-corrected chi connectivity index (χ1v) is 9.34. The highest BCUT2D eigenvalue weighted by Crippen LogP contribution is 2.34. The second-order valence-electron chi connectivity index (χ2n) is 7.19. The van der Waals surface area contributed by atoms with Gasteiger partial charge in [-0.05, 0) is 37.5 Å². The summed E-state index contributed by atoms with van der Waals surface area (Å²) < 4.78 is 38.5. The van der Waals surface area contributed by atoms with Gasteiger partial charge in [-0.3, -0.25) is 0 Å². The monoisotopic (exact) mass is 341 g/mol. The number of ether oxygens (including phenoxy) is 2. The highest BCUT2D eigenvalue weighted by molar-refractivity contribution is 7.89. The molecule has 0 bridgehead atoms. The van der Waals surface area contributed by atoms with E-state index in [9.17, 15) is 8.42 Å². The van der Waals surface area contributed by atoms with Gasteiger partial charge >= 0.3 is 0 Å². The van der Waals surface area contributed by atoms with Crippen LogP contribution in [-0.4, -0.2) is 45.1 Å². The molecule has 1 aromatic rings. The quantitative estimate of drug-likeness (QED) is 0.848. The Balaban J connectivity index is 2.44. The lowest BCUT2D eigenvalue weighted by Crippen LogP contribution is -2.48. The van der Waals surface area contributed by atoms with Gasteiger partial charge in [0, 0.05) is 18.7 Å². The van der Waals surface area contributed by atoms with Crippen LogP contribution in [0.3, 0.4) is 0 Å². The van der Waals surface area contributed by atoms with Gasteiger partial charge in [-0.15, -0.1) is 0 Å². The van der Waals surface area contributed by atoms with Gasteiger partial charge in [0.2, 0.25) is 10.0 Å². The Labute approximate surface area is 139 Å². The summed E-state index contributed by atoms with van der Waals surface area (Å²) in [4.78, 5) is 0.310. The highest BCUT2D eigenvalue weighted by atomic mass is 32.2. The molecule has 0 N–H and O–H groups in total. The molecule has 0 radical (unpaired) electrons. The van der Waals surface area contributed by atoms with Gasteiger partial charge in [0.25, 0.3) is 0 Å². The Morgan fingerprint density at radius 3 is 2.22 bits per heavy atom. The summed E-state index contributed by atoms with van der Waals surface area (Å²) in [5, 5.41) is 0. The number of hydrogen-bond acceptors (Lipinski definition) is 4. The third-order valence-electron chi connectivity index (χ3n) is 4.00. The van der Waals surface area contributed by atoms with E-state index in [1.807, 2.05) is 34.6 Å². The molecule has 0 saturated carbocycles. The fourth-order valence-corrected chi connectivity index (χ4v) is 4.53. The van der Waals surface area contributed by atoms with Crippen LogP contribution in [0.5, 0.6) is 5.75 Å². The standard InChI is InChI=1S/C17H27NO4S/c1-12-10-18(11-13(2)22-12)23(19,20)14-7-8-16(21-6)15(9-14)17(3,4)5/h7-9,12-13H,10-11H2,1-6H3/t12-,13-/m1/s1. The van der Waals surface area contributed by atoms with Crippen LogP contribution in [0.1, 0.15) is 40.2 Å². The largest absolute Gasteiger partial charge is 0.496 e. The summed E-state index contributed by atoms with van der Waals surface area (Å²) in [5.74, 6) is 0.708. The molecule has 0 unspecified atom stereocenters. The van der Waals surface area contributed by atoms with Gasteiger partial charge in [-0.2, -0.15) is 4.31 Å². The van der Waals surface area contributed by atoms with Crippen LogP contribution in [0.15, 0.2) is 23.1 Å². The molecule has 1 aliphatic heterocycles. The van der Waals surface area contributed by atoms with Crippen molar-refractivity contribution in [1.82, 2.24) is 4.31 Å². The molecule has 0 amide bonds. The summed E-state index contributed by atoms with van der Waals surface area (Å²) in [5.41, 5.74) is 0.679. The van der Waals surface area contributed by atoms with Crippen molar-refractivity contribution in [1.29, 1.82) is 0 Å². The lowest BCUT2D eigenvalue weighted by molar-refractivity contribution is -0.0440. The number of sulfonamides is 1. The number of rotatable bonds is 3. The van der Waals surface area contributed by atoms with E-state index in [4.69, 9.17) is 9.47 Å². The predicted molar refractivity (Wildman–Crippen MR) is 90.5 cm³/mol. The minimum absolute atomic E-state index is 0.103. The molecule has 1 saturated heterocycles. The maximum Gasteiger partial charge on any atom is 0.243 e. The molecule has 1 aromatic carbocycles. The van der Waals surface area contributed by atoms with E-state index in [0.29, 0.717) is 23.7 Å².